The van der Waals surface area contributed by atoms with Crippen LogP contribution in [0.3, 0.4) is 0 Å². The van der Waals surface area contributed by atoms with Gasteiger partial charge in [-0.05, 0) is 18.4 Å². The Kier molecular flexibility index (Phi) is 10.6. The highest BCUT2D eigenvalue weighted by molar-refractivity contribution is 7.92. The number of amides is 2. The van der Waals surface area contributed by atoms with Gasteiger partial charge in [0, 0.05) is 19.4 Å². The Bertz CT molecular complexity index is 1080. The molecular formula is C23H34N4O6S2. The number of aromatic nitrogens is 1. The quantitative estimate of drug-likeness (QED) is 0.307. The molecule has 35 heavy (non-hydrogen) atoms. The number of sulfonamides is 1. The summed E-state index contributed by atoms with van der Waals surface area (Å²) in [5.74, 6) is -0.947. The summed E-state index contributed by atoms with van der Waals surface area (Å²) < 4.78 is 24.5. The first-order valence-electron chi connectivity index (χ1n) is 11.3. The molecule has 4 unspecified atom stereocenters. The predicted molar refractivity (Wildman–Crippen MR) is 136 cm³/mol. The Morgan fingerprint density at radius 3 is 2.31 bits per heavy atom. The van der Waals surface area contributed by atoms with Gasteiger partial charge >= 0.3 is 0 Å². The summed E-state index contributed by atoms with van der Waals surface area (Å²) in [6.45, 7) is 3.32. The summed E-state index contributed by atoms with van der Waals surface area (Å²) in [5, 5.41) is 29.0. The molecule has 2 aromatic rings. The van der Waals surface area contributed by atoms with Crippen LogP contribution >= 0.6 is 11.3 Å². The van der Waals surface area contributed by atoms with E-state index in [4.69, 9.17) is 0 Å². The normalized spacial score (nSPS) is 15.0. The summed E-state index contributed by atoms with van der Waals surface area (Å²) in [6.07, 6.45) is 0.564. The van der Waals surface area contributed by atoms with Gasteiger partial charge in [0.1, 0.15) is 17.9 Å². The Hall–Kier alpha value is -2.54. The smallest absolute Gasteiger partial charge is 0.271 e. The van der Waals surface area contributed by atoms with Crippen molar-refractivity contribution < 1.29 is 28.2 Å². The van der Waals surface area contributed by atoms with Gasteiger partial charge < -0.3 is 20.8 Å². The lowest BCUT2D eigenvalue weighted by atomic mass is 9.91. The average Bonchev–Trinajstić information content (AvgIpc) is 3.30. The highest BCUT2D eigenvalue weighted by Gasteiger charge is 2.34. The summed E-state index contributed by atoms with van der Waals surface area (Å²) >= 11 is 0.995. The summed E-state index contributed by atoms with van der Waals surface area (Å²) in [6, 6.07) is 7.57. The lowest BCUT2D eigenvalue weighted by Crippen LogP contribution is -2.56. The molecule has 0 bridgehead atoms. The molecule has 1 heterocycles. The lowest BCUT2D eigenvalue weighted by Gasteiger charge is -2.32. The van der Waals surface area contributed by atoms with Crippen LogP contribution in [0.1, 0.15) is 49.2 Å². The first-order chi connectivity index (χ1) is 16.4. The van der Waals surface area contributed by atoms with E-state index in [0.29, 0.717) is 6.42 Å². The fourth-order valence-electron chi connectivity index (χ4n) is 3.51. The maximum absolute atomic E-state index is 13.0. The number of anilines is 1. The number of benzene rings is 1. The zero-order valence-electron chi connectivity index (χ0n) is 20.3. The van der Waals surface area contributed by atoms with E-state index in [1.54, 1.807) is 0 Å². The SMILES string of the molecule is CCCCC(NC(C)=O)C(O)C(O)C(Cc1ccccc1)NC(=O)c1csc(N(C)S(C)(=O)=O)n1. The van der Waals surface area contributed by atoms with Gasteiger partial charge in [-0.2, -0.15) is 0 Å². The molecule has 0 spiro atoms. The predicted octanol–water partition coefficient (Wildman–Crippen LogP) is 1.30. The van der Waals surface area contributed by atoms with Gasteiger partial charge in [-0.3, -0.25) is 9.59 Å². The Morgan fingerprint density at radius 1 is 1.11 bits per heavy atom. The van der Waals surface area contributed by atoms with E-state index in [1.807, 2.05) is 37.3 Å². The van der Waals surface area contributed by atoms with Crippen molar-refractivity contribution in [2.45, 2.75) is 63.8 Å². The highest BCUT2D eigenvalue weighted by atomic mass is 32.2. The van der Waals surface area contributed by atoms with Crippen LogP contribution in [0.2, 0.25) is 0 Å². The van der Waals surface area contributed by atoms with Crippen molar-refractivity contribution in [2.24, 2.45) is 0 Å². The van der Waals surface area contributed by atoms with Crippen LogP contribution in [0.25, 0.3) is 0 Å². The molecule has 0 aliphatic carbocycles. The summed E-state index contributed by atoms with van der Waals surface area (Å²) in [4.78, 5) is 28.8. The fourth-order valence-corrected chi connectivity index (χ4v) is 5.05. The van der Waals surface area contributed by atoms with E-state index in [9.17, 15) is 28.2 Å². The molecule has 0 radical (unpaired) electrons. The van der Waals surface area contributed by atoms with E-state index < -0.39 is 40.2 Å². The Balaban J connectivity index is 2.27. The van der Waals surface area contributed by atoms with Crippen molar-refractivity contribution in [3.05, 3.63) is 47.0 Å². The second-order valence-electron chi connectivity index (χ2n) is 8.45. The molecule has 4 atom stereocenters. The summed E-state index contributed by atoms with van der Waals surface area (Å²) in [5.41, 5.74) is 0.814. The Morgan fingerprint density at radius 2 is 1.74 bits per heavy atom. The molecule has 0 saturated heterocycles. The minimum atomic E-state index is -3.54. The molecule has 2 rings (SSSR count). The van der Waals surface area contributed by atoms with E-state index in [-0.39, 0.29) is 23.2 Å². The topological polar surface area (TPSA) is 149 Å². The number of rotatable bonds is 13. The molecule has 2 amide bonds. The average molecular weight is 527 g/mol. The molecule has 12 heteroatoms. The lowest BCUT2D eigenvalue weighted by molar-refractivity contribution is -0.121. The van der Waals surface area contributed by atoms with Gasteiger partial charge in [0.2, 0.25) is 15.9 Å². The second kappa shape index (κ2) is 13.0. The third-order valence-corrected chi connectivity index (χ3v) is 7.74. The molecule has 1 aromatic carbocycles. The van der Waals surface area contributed by atoms with E-state index >= 15 is 0 Å². The fraction of sp³-hybridized carbons (Fsp3) is 0.522. The monoisotopic (exact) mass is 526 g/mol. The standard InChI is InChI=1S/C23H34N4O6S2/c1-5-6-12-17(24-15(2)28)20(29)21(30)18(13-16-10-8-7-9-11-16)25-22(31)19-14-34-23(26-19)27(3)35(4,32)33/h7-11,14,17-18,20-21,29-30H,5-6,12-13H2,1-4H3,(H,24,28)(H,25,31). The second-order valence-corrected chi connectivity index (χ2v) is 11.3. The number of nitrogens with one attached hydrogen (secondary N) is 2. The van der Waals surface area contributed by atoms with Crippen molar-refractivity contribution in [3.8, 4) is 0 Å². The van der Waals surface area contributed by atoms with Gasteiger partial charge in [-0.1, -0.05) is 50.1 Å². The van der Waals surface area contributed by atoms with E-state index in [0.717, 1.165) is 40.3 Å². The third kappa shape index (κ3) is 8.57. The highest BCUT2D eigenvalue weighted by Crippen LogP contribution is 2.22. The van der Waals surface area contributed by atoms with Crippen molar-refractivity contribution in [2.75, 3.05) is 17.6 Å². The maximum Gasteiger partial charge on any atom is 0.271 e. The van der Waals surface area contributed by atoms with Gasteiger partial charge in [0.25, 0.3) is 5.91 Å². The molecule has 0 saturated carbocycles. The molecule has 10 nitrogen and oxygen atoms in total. The number of carbonyl (C=O) groups excluding carboxylic acids is 2. The van der Waals surface area contributed by atoms with E-state index in [2.05, 4.69) is 15.6 Å². The number of aliphatic hydroxyl groups excluding tert-OH is 2. The van der Waals surface area contributed by atoms with Crippen LogP contribution in [0.15, 0.2) is 35.7 Å². The number of carbonyl (C=O) groups is 2. The largest absolute Gasteiger partial charge is 0.388 e. The maximum atomic E-state index is 13.0. The van der Waals surface area contributed by atoms with Crippen LogP contribution in [0, 0.1) is 0 Å². The van der Waals surface area contributed by atoms with Crippen LogP contribution < -0.4 is 14.9 Å². The third-order valence-electron chi connectivity index (χ3n) is 5.54. The first-order valence-corrected chi connectivity index (χ1v) is 14.0. The molecule has 4 N–H and O–H groups in total. The van der Waals surface area contributed by atoms with Crippen molar-refractivity contribution in [1.82, 2.24) is 15.6 Å². The number of hydrogen-bond acceptors (Lipinski definition) is 8. The molecule has 0 aliphatic rings. The van der Waals surface area contributed by atoms with Gasteiger partial charge in [0.05, 0.1) is 18.3 Å². The number of unbranched alkanes of at least 4 members (excludes halogenated alkanes) is 1. The molecule has 0 aliphatic heterocycles. The molecular weight excluding hydrogens is 492 g/mol. The van der Waals surface area contributed by atoms with Gasteiger partial charge in [-0.15, -0.1) is 11.3 Å². The van der Waals surface area contributed by atoms with Gasteiger partial charge in [-0.25, -0.2) is 17.7 Å². The van der Waals surface area contributed by atoms with Crippen LogP contribution in [0.5, 0.6) is 0 Å². The first kappa shape index (κ1) is 28.7. The molecule has 0 fully saturated rings. The molecule has 1 aromatic heterocycles. The number of thiazole rings is 1. The van der Waals surface area contributed by atoms with Crippen molar-refractivity contribution in [3.63, 3.8) is 0 Å². The number of nitrogens with zero attached hydrogens (tertiary/aromatic N) is 2. The van der Waals surface area contributed by atoms with Crippen molar-refractivity contribution in [1.29, 1.82) is 0 Å². The van der Waals surface area contributed by atoms with Crippen LogP contribution in [-0.2, 0) is 21.2 Å². The van der Waals surface area contributed by atoms with Gasteiger partial charge in [0.15, 0.2) is 5.13 Å². The van der Waals surface area contributed by atoms with Crippen LogP contribution in [-0.4, -0.2) is 73.0 Å². The van der Waals surface area contributed by atoms with Crippen molar-refractivity contribution >= 4 is 38.3 Å². The number of aliphatic hydroxyl groups is 2. The number of hydrogen-bond donors (Lipinski definition) is 4. The minimum absolute atomic E-state index is 0.00959. The van der Waals surface area contributed by atoms with Crippen LogP contribution in [0.4, 0.5) is 5.13 Å². The minimum Gasteiger partial charge on any atom is -0.388 e. The summed E-state index contributed by atoms with van der Waals surface area (Å²) in [7, 11) is -2.20. The van der Waals surface area contributed by atoms with E-state index in [1.165, 1.54) is 19.4 Å². The molecule has 194 valence electrons. The zero-order chi connectivity index (χ0) is 26.2. The Labute approximate surface area is 210 Å². The zero-order valence-corrected chi connectivity index (χ0v) is 22.0.